The van der Waals surface area contributed by atoms with E-state index in [1.54, 1.807) is 0 Å². The van der Waals surface area contributed by atoms with Crippen molar-refractivity contribution in [2.45, 2.75) is 109 Å². The van der Waals surface area contributed by atoms with E-state index in [1.165, 1.54) is 25.7 Å². The first-order valence-corrected chi connectivity index (χ1v) is 10.0. The summed E-state index contributed by atoms with van der Waals surface area (Å²) in [5.41, 5.74) is 0. The molecule has 0 heterocycles. The zero-order chi connectivity index (χ0) is 18.0. The molecule has 0 bridgehead atoms. The Morgan fingerprint density at radius 3 is 2.33 bits per heavy atom. The van der Waals surface area contributed by atoms with Crippen molar-refractivity contribution < 1.29 is 18.7 Å². The van der Waals surface area contributed by atoms with E-state index >= 15 is 0 Å². The maximum atomic E-state index is 13.8. The van der Waals surface area contributed by atoms with E-state index in [0.717, 1.165) is 25.7 Å². The molecule has 0 amide bonds. The second-order valence-electron chi connectivity index (χ2n) is 7.54. The summed E-state index contributed by atoms with van der Waals surface area (Å²) in [7, 11) is 0. The minimum absolute atomic E-state index is 0.0412. The van der Waals surface area contributed by atoms with Crippen LogP contribution in [-0.4, -0.2) is 22.9 Å². The number of hydrogen-bond donors (Lipinski definition) is 1. The normalized spacial score (nSPS) is 24.5. The van der Waals surface area contributed by atoms with Crippen molar-refractivity contribution in [1.82, 2.24) is 0 Å². The van der Waals surface area contributed by atoms with Gasteiger partial charge in [0.2, 0.25) is 5.78 Å². The van der Waals surface area contributed by atoms with Gasteiger partial charge < -0.3 is 5.11 Å². The van der Waals surface area contributed by atoms with Crippen LogP contribution in [0.5, 0.6) is 0 Å². The van der Waals surface area contributed by atoms with Gasteiger partial charge >= 0.3 is 5.92 Å². The van der Waals surface area contributed by atoms with Gasteiger partial charge in [-0.15, -0.1) is 0 Å². The van der Waals surface area contributed by atoms with Crippen molar-refractivity contribution in [3.63, 3.8) is 0 Å². The lowest BCUT2D eigenvalue weighted by Crippen LogP contribution is -2.29. The first kappa shape index (κ1) is 21.5. The zero-order valence-corrected chi connectivity index (χ0v) is 15.5. The number of aliphatic hydroxyl groups is 1. The molecule has 2 nitrogen and oxygen atoms in total. The third-order valence-corrected chi connectivity index (χ3v) is 5.57. The van der Waals surface area contributed by atoms with Gasteiger partial charge in [-0.3, -0.25) is 4.79 Å². The summed E-state index contributed by atoms with van der Waals surface area (Å²) in [6, 6.07) is 0. The molecule has 0 radical (unpaired) electrons. The number of unbranched alkanes of at least 4 members (excludes halogenated alkanes) is 5. The third-order valence-electron chi connectivity index (χ3n) is 5.57. The van der Waals surface area contributed by atoms with Crippen LogP contribution >= 0.6 is 0 Å². The van der Waals surface area contributed by atoms with Crippen LogP contribution in [0.1, 0.15) is 97.3 Å². The summed E-state index contributed by atoms with van der Waals surface area (Å²) in [6.07, 6.45) is 9.46. The molecule has 142 valence electrons. The quantitative estimate of drug-likeness (QED) is 0.421. The Balaban J connectivity index is 2.37. The maximum absolute atomic E-state index is 13.8. The largest absolute Gasteiger partial charge is 0.393 e. The highest BCUT2D eigenvalue weighted by Gasteiger charge is 2.39. The fraction of sp³-hybridized carbons (Fsp3) is 0.950. The first-order valence-electron chi connectivity index (χ1n) is 10.0. The van der Waals surface area contributed by atoms with Crippen molar-refractivity contribution in [3.05, 3.63) is 0 Å². The summed E-state index contributed by atoms with van der Waals surface area (Å²) in [6.45, 7) is 4.04. The van der Waals surface area contributed by atoms with Crippen molar-refractivity contribution in [2.24, 2.45) is 11.8 Å². The zero-order valence-electron chi connectivity index (χ0n) is 15.5. The summed E-state index contributed by atoms with van der Waals surface area (Å²) in [5.74, 6) is -3.64. The van der Waals surface area contributed by atoms with Crippen LogP contribution in [-0.2, 0) is 4.79 Å². The molecule has 1 unspecified atom stereocenters. The van der Waals surface area contributed by atoms with Crippen molar-refractivity contribution >= 4 is 5.78 Å². The van der Waals surface area contributed by atoms with Gasteiger partial charge in [-0.2, -0.15) is 8.78 Å². The molecular formula is C20H36F2O2. The molecule has 1 fully saturated rings. The molecule has 0 aliphatic heterocycles. The highest BCUT2D eigenvalue weighted by atomic mass is 19.3. The lowest BCUT2D eigenvalue weighted by molar-refractivity contribution is -0.144. The molecule has 4 heteroatoms. The van der Waals surface area contributed by atoms with Crippen LogP contribution in [0.25, 0.3) is 0 Å². The number of aliphatic hydroxyl groups excluding tert-OH is 1. The number of carbonyl (C=O) groups excluding carboxylic acids is 1. The van der Waals surface area contributed by atoms with Crippen molar-refractivity contribution in [1.29, 1.82) is 0 Å². The summed E-state index contributed by atoms with van der Waals surface area (Å²) < 4.78 is 27.5. The Labute approximate surface area is 146 Å². The lowest BCUT2D eigenvalue weighted by atomic mass is 9.85. The van der Waals surface area contributed by atoms with Gasteiger partial charge in [-0.25, -0.2) is 0 Å². The van der Waals surface area contributed by atoms with Gasteiger partial charge in [0.05, 0.1) is 6.10 Å². The predicted octanol–water partition coefficient (Wildman–Crippen LogP) is 5.91. The van der Waals surface area contributed by atoms with E-state index in [-0.39, 0.29) is 30.8 Å². The fourth-order valence-electron chi connectivity index (χ4n) is 3.93. The molecule has 0 aromatic carbocycles. The Hall–Kier alpha value is -0.510. The molecule has 0 spiro atoms. The molecule has 1 aliphatic rings. The topological polar surface area (TPSA) is 37.3 Å². The Kier molecular flexibility index (Phi) is 10.0. The third kappa shape index (κ3) is 7.16. The molecule has 0 saturated heterocycles. The van der Waals surface area contributed by atoms with Crippen molar-refractivity contribution in [3.8, 4) is 0 Å². The number of halogens is 2. The van der Waals surface area contributed by atoms with Gasteiger partial charge in [-0.05, 0) is 43.9 Å². The molecule has 1 saturated carbocycles. The minimum atomic E-state index is -3.16. The van der Waals surface area contributed by atoms with Crippen LogP contribution < -0.4 is 0 Å². The highest BCUT2D eigenvalue weighted by molar-refractivity contribution is 5.85. The summed E-state index contributed by atoms with van der Waals surface area (Å²) >= 11 is 0. The number of hydrogen-bond acceptors (Lipinski definition) is 2. The van der Waals surface area contributed by atoms with Crippen molar-refractivity contribution in [2.75, 3.05) is 0 Å². The molecule has 1 aliphatic carbocycles. The second-order valence-corrected chi connectivity index (χ2v) is 7.54. The molecule has 1 N–H and O–H groups in total. The van der Waals surface area contributed by atoms with E-state index in [0.29, 0.717) is 19.3 Å². The average molecular weight is 347 g/mol. The van der Waals surface area contributed by atoms with Crippen LogP contribution in [0.15, 0.2) is 0 Å². The minimum Gasteiger partial charge on any atom is -0.393 e. The fourth-order valence-corrected chi connectivity index (χ4v) is 3.93. The van der Waals surface area contributed by atoms with Gasteiger partial charge in [0.25, 0.3) is 0 Å². The van der Waals surface area contributed by atoms with E-state index in [4.69, 9.17) is 0 Å². The average Bonchev–Trinajstić information content (AvgIpc) is 2.90. The molecule has 3 atom stereocenters. The van der Waals surface area contributed by atoms with Crippen LogP contribution in [0, 0.1) is 11.8 Å². The number of ketones is 1. The van der Waals surface area contributed by atoms with E-state index in [9.17, 15) is 18.7 Å². The number of alkyl halides is 2. The van der Waals surface area contributed by atoms with E-state index in [1.807, 2.05) is 6.92 Å². The Bertz CT molecular complexity index is 358. The Morgan fingerprint density at radius 1 is 1.00 bits per heavy atom. The van der Waals surface area contributed by atoms with Gasteiger partial charge in [0.15, 0.2) is 0 Å². The first-order chi connectivity index (χ1) is 11.4. The van der Waals surface area contributed by atoms with Gasteiger partial charge in [0.1, 0.15) is 0 Å². The lowest BCUT2D eigenvalue weighted by Gasteiger charge is -2.23. The van der Waals surface area contributed by atoms with Crippen LogP contribution in [0.4, 0.5) is 8.78 Å². The van der Waals surface area contributed by atoms with E-state index < -0.39 is 11.7 Å². The standard InChI is InChI=1S/C20H36F2O2/c1-3-5-7-8-9-10-17-16(11-13-18(17)23)12-14-19(24)20(21,22)15-6-4-2/h16-18,23H,3-15H2,1-2H3/t16-,17?,18+/m1/s1. The number of rotatable bonds is 13. The van der Waals surface area contributed by atoms with Gasteiger partial charge in [-0.1, -0.05) is 52.4 Å². The monoisotopic (exact) mass is 346 g/mol. The number of carbonyl (C=O) groups is 1. The SMILES string of the molecule is CCCCCCCC1[C@@H](CCC(=O)C(F)(F)CCCC)CC[C@@H]1O. The van der Waals surface area contributed by atoms with Crippen LogP contribution in [0.3, 0.4) is 0 Å². The highest BCUT2D eigenvalue weighted by Crippen LogP contribution is 2.39. The predicted molar refractivity (Wildman–Crippen MR) is 94.3 cm³/mol. The molecule has 1 rings (SSSR count). The Morgan fingerprint density at radius 2 is 1.67 bits per heavy atom. The number of Topliss-reactive ketones (excluding diaryl/α,β-unsaturated/α-hetero) is 1. The summed E-state index contributed by atoms with van der Waals surface area (Å²) in [4.78, 5) is 11.8. The molecule has 24 heavy (non-hydrogen) atoms. The maximum Gasteiger partial charge on any atom is 0.305 e. The van der Waals surface area contributed by atoms with E-state index in [2.05, 4.69) is 6.92 Å². The van der Waals surface area contributed by atoms with Gasteiger partial charge in [0, 0.05) is 12.8 Å². The van der Waals surface area contributed by atoms with Crippen LogP contribution in [0.2, 0.25) is 0 Å². The molecule has 0 aromatic rings. The molecular weight excluding hydrogens is 310 g/mol. The second kappa shape index (κ2) is 11.2. The molecule has 0 aromatic heterocycles. The summed E-state index contributed by atoms with van der Waals surface area (Å²) in [5, 5.41) is 10.2. The smallest absolute Gasteiger partial charge is 0.305 e.